The van der Waals surface area contributed by atoms with E-state index in [9.17, 15) is 0 Å². The molecule has 3 heteroatoms. The van der Waals surface area contributed by atoms with Crippen molar-refractivity contribution in [2.45, 2.75) is 0 Å². The Morgan fingerprint density at radius 1 is 0.356 bits per heavy atom. The van der Waals surface area contributed by atoms with Gasteiger partial charge in [0, 0.05) is 38.7 Å². The minimum absolute atomic E-state index is 1.12. The summed E-state index contributed by atoms with van der Waals surface area (Å²) in [5.41, 5.74) is 10.7. The first-order valence-electron chi connectivity index (χ1n) is 15.5. The smallest absolute Gasteiger partial charge is 0.123 e. The van der Waals surface area contributed by atoms with Crippen molar-refractivity contribution in [2.24, 2.45) is 0 Å². The summed E-state index contributed by atoms with van der Waals surface area (Å²) < 4.78 is 4.84. The van der Waals surface area contributed by atoms with E-state index in [4.69, 9.17) is 0 Å². The van der Waals surface area contributed by atoms with Gasteiger partial charge < -0.3 is 4.57 Å². The summed E-state index contributed by atoms with van der Waals surface area (Å²) in [6, 6.07) is 59.6. The molecule has 3 nitrogen and oxygen atoms in total. The molecule has 0 spiro atoms. The van der Waals surface area contributed by atoms with Crippen LogP contribution in [-0.2, 0) is 0 Å². The van der Waals surface area contributed by atoms with Gasteiger partial charge in [0.1, 0.15) is 5.82 Å². The third-order valence-electron chi connectivity index (χ3n) is 9.41. The van der Waals surface area contributed by atoms with E-state index in [1.165, 1.54) is 66.0 Å². The number of hydrogen-bond acceptors (Lipinski definition) is 1. The average molecular weight is 574 g/mol. The molecule has 0 N–H and O–H groups in total. The van der Waals surface area contributed by atoms with E-state index in [-0.39, 0.29) is 0 Å². The highest BCUT2D eigenvalue weighted by Crippen LogP contribution is 2.51. The molecule has 0 atom stereocenters. The molecule has 2 aromatic heterocycles. The van der Waals surface area contributed by atoms with Crippen molar-refractivity contribution < 1.29 is 0 Å². The molecule has 0 amide bonds. The molecular formula is C42H27N3. The Kier molecular flexibility index (Phi) is 5.00. The van der Waals surface area contributed by atoms with Crippen LogP contribution in [0.3, 0.4) is 0 Å². The summed E-state index contributed by atoms with van der Waals surface area (Å²) in [4.78, 5) is 2.47. The van der Waals surface area contributed by atoms with Gasteiger partial charge in [-0.25, -0.2) is 0 Å². The van der Waals surface area contributed by atoms with Crippen molar-refractivity contribution in [1.29, 1.82) is 0 Å². The SMILES string of the molecule is c1ccc(-n2c3ccccc3c3ccc(N4c5ccc6ccccc6c5-c5ccccc5-n5c4cc4ccccc45)cc32)cc1. The number of hydrogen-bond donors (Lipinski definition) is 0. The van der Waals surface area contributed by atoms with E-state index in [1.807, 2.05) is 0 Å². The van der Waals surface area contributed by atoms with Gasteiger partial charge in [-0.2, -0.15) is 0 Å². The highest BCUT2D eigenvalue weighted by Gasteiger charge is 2.29. The van der Waals surface area contributed by atoms with Crippen LogP contribution in [0.4, 0.5) is 17.2 Å². The zero-order chi connectivity index (χ0) is 29.5. The Morgan fingerprint density at radius 2 is 1.04 bits per heavy atom. The van der Waals surface area contributed by atoms with E-state index in [2.05, 4.69) is 178 Å². The van der Waals surface area contributed by atoms with Gasteiger partial charge in [0.25, 0.3) is 0 Å². The number of rotatable bonds is 2. The summed E-state index contributed by atoms with van der Waals surface area (Å²) >= 11 is 0. The lowest BCUT2D eigenvalue weighted by atomic mass is 9.94. The standard InChI is InChI=1S/C42H27N3/c1-2-14-30(15-3-1)43-37-20-10-7-17-33(37)34-24-23-31(27-40(34)43)44-39-25-22-28-12-4-6-16-32(28)42(39)35-18-8-11-21-38(35)45-36-19-9-5-13-29(36)26-41(44)45/h1-27H. The van der Waals surface area contributed by atoms with Crippen molar-refractivity contribution in [3.8, 4) is 22.5 Å². The molecule has 1 aliphatic heterocycles. The zero-order valence-corrected chi connectivity index (χ0v) is 24.4. The summed E-state index contributed by atoms with van der Waals surface area (Å²) in [7, 11) is 0. The van der Waals surface area contributed by atoms with Gasteiger partial charge in [0.2, 0.25) is 0 Å². The molecule has 0 saturated heterocycles. The predicted molar refractivity (Wildman–Crippen MR) is 189 cm³/mol. The highest BCUT2D eigenvalue weighted by atomic mass is 15.3. The fraction of sp³-hybridized carbons (Fsp3) is 0. The number of benzene rings is 7. The number of aromatic nitrogens is 2. The Labute approximate surface area is 260 Å². The lowest BCUT2D eigenvalue weighted by Crippen LogP contribution is -2.13. The van der Waals surface area contributed by atoms with Crippen molar-refractivity contribution in [3.63, 3.8) is 0 Å². The number of nitrogens with zero attached hydrogens (tertiary/aromatic N) is 3. The summed E-state index contributed by atoms with van der Waals surface area (Å²) in [6.07, 6.45) is 0. The summed E-state index contributed by atoms with van der Waals surface area (Å²) in [6.45, 7) is 0. The fourth-order valence-corrected chi connectivity index (χ4v) is 7.52. The second-order valence-corrected chi connectivity index (χ2v) is 11.8. The Morgan fingerprint density at radius 3 is 1.93 bits per heavy atom. The maximum Gasteiger partial charge on any atom is 0.123 e. The highest BCUT2D eigenvalue weighted by molar-refractivity contribution is 6.12. The molecule has 0 saturated carbocycles. The van der Waals surface area contributed by atoms with E-state index in [1.54, 1.807) is 0 Å². The largest absolute Gasteiger partial charge is 0.309 e. The molecule has 210 valence electrons. The minimum Gasteiger partial charge on any atom is -0.309 e. The van der Waals surface area contributed by atoms with Crippen molar-refractivity contribution in [3.05, 3.63) is 164 Å². The van der Waals surface area contributed by atoms with Gasteiger partial charge in [-0.3, -0.25) is 9.47 Å². The molecule has 0 fully saturated rings. The predicted octanol–water partition coefficient (Wildman–Crippen LogP) is 11.3. The summed E-state index contributed by atoms with van der Waals surface area (Å²) in [5.74, 6) is 1.12. The van der Waals surface area contributed by atoms with Crippen LogP contribution in [0.15, 0.2) is 164 Å². The Balaban J connectivity index is 1.35. The topological polar surface area (TPSA) is 13.1 Å². The monoisotopic (exact) mass is 573 g/mol. The van der Waals surface area contributed by atoms with E-state index < -0.39 is 0 Å². The molecule has 1 aliphatic rings. The van der Waals surface area contributed by atoms with Crippen LogP contribution in [0.2, 0.25) is 0 Å². The first kappa shape index (κ1) is 24.4. The third kappa shape index (κ3) is 3.41. The molecule has 45 heavy (non-hydrogen) atoms. The molecule has 7 aromatic carbocycles. The van der Waals surface area contributed by atoms with Gasteiger partial charge in [-0.15, -0.1) is 0 Å². The molecule has 0 bridgehead atoms. The van der Waals surface area contributed by atoms with E-state index >= 15 is 0 Å². The van der Waals surface area contributed by atoms with Crippen LogP contribution in [-0.4, -0.2) is 9.13 Å². The van der Waals surface area contributed by atoms with Crippen LogP contribution >= 0.6 is 0 Å². The Hall–Kier alpha value is -6.06. The lowest BCUT2D eigenvalue weighted by molar-refractivity contribution is 1.09. The third-order valence-corrected chi connectivity index (χ3v) is 9.41. The summed E-state index contributed by atoms with van der Waals surface area (Å²) in [5, 5.41) is 6.21. The van der Waals surface area contributed by atoms with Gasteiger partial charge in [-0.05, 0) is 65.4 Å². The lowest BCUT2D eigenvalue weighted by Gasteiger charge is -2.27. The Bertz CT molecular complexity index is 2600. The first-order chi connectivity index (χ1) is 22.3. The normalized spacial score (nSPS) is 12.4. The molecule has 9 aromatic rings. The van der Waals surface area contributed by atoms with Gasteiger partial charge in [0.05, 0.1) is 27.9 Å². The molecule has 3 heterocycles. The molecule has 0 aliphatic carbocycles. The maximum absolute atomic E-state index is 2.47. The van der Waals surface area contributed by atoms with E-state index in [0.29, 0.717) is 0 Å². The van der Waals surface area contributed by atoms with Crippen LogP contribution < -0.4 is 4.90 Å². The quantitative estimate of drug-likeness (QED) is 0.200. The van der Waals surface area contributed by atoms with Gasteiger partial charge >= 0.3 is 0 Å². The minimum atomic E-state index is 1.12. The van der Waals surface area contributed by atoms with Crippen LogP contribution in [0.1, 0.15) is 0 Å². The van der Waals surface area contributed by atoms with Crippen molar-refractivity contribution in [2.75, 3.05) is 4.90 Å². The molecule has 10 rings (SSSR count). The van der Waals surface area contributed by atoms with Gasteiger partial charge in [-0.1, -0.05) is 109 Å². The van der Waals surface area contributed by atoms with Crippen LogP contribution in [0, 0.1) is 0 Å². The number of anilines is 3. The average Bonchev–Trinajstić information content (AvgIpc) is 3.60. The van der Waals surface area contributed by atoms with Crippen LogP contribution in [0.25, 0.3) is 66.0 Å². The molecular weight excluding hydrogens is 546 g/mol. The maximum atomic E-state index is 2.47. The van der Waals surface area contributed by atoms with Crippen molar-refractivity contribution in [1.82, 2.24) is 9.13 Å². The van der Waals surface area contributed by atoms with Crippen LogP contribution in [0.5, 0.6) is 0 Å². The van der Waals surface area contributed by atoms with E-state index in [0.717, 1.165) is 17.2 Å². The number of fused-ring (bicyclic) bond motifs is 12. The second kappa shape index (κ2) is 9.22. The van der Waals surface area contributed by atoms with Gasteiger partial charge in [0.15, 0.2) is 0 Å². The fourth-order valence-electron chi connectivity index (χ4n) is 7.52. The zero-order valence-electron chi connectivity index (χ0n) is 24.4. The first-order valence-corrected chi connectivity index (χ1v) is 15.5. The molecule has 0 radical (unpaired) electrons. The number of para-hydroxylation sites is 4. The molecule has 0 unspecified atom stereocenters. The van der Waals surface area contributed by atoms with Crippen molar-refractivity contribution >= 4 is 60.7 Å². The second-order valence-electron chi connectivity index (χ2n) is 11.8.